The molecule has 0 aliphatic heterocycles. The lowest BCUT2D eigenvalue weighted by molar-refractivity contribution is -0.137. The Labute approximate surface area is 141 Å². The van der Waals surface area contributed by atoms with Gasteiger partial charge in [0, 0.05) is 13.1 Å². The third-order valence-corrected chi connectivity index (χ3v) is 5.41. The van der Waals surface area contributed by atoms with Gasteiger partial charge in [-0.3, -0.25) is 0 Å². The molecular formula is C16H25F3N2O2S. The molecule has 0 aliphatic rings. The van der Waals surface area contributed by atoms with Crippen LogP contribution in [0.5, 0.6) is 0 Å². The molecule has 0 spiro atoms. The number of hydrogen-bond acceptors (Lipinski definition) is 3. The highest BCUT2D eigenvalue weighted by Gasteiger charge is 2.29. The largest absolute Gasteiger partial charge is 0.416 e. The summed E-state index contributed by atoms with van der Waals surface area (Å²) < 4.78 is 62.9. The number of alkyl halides is 3. The molecule has 0 heterocycles. The monoisotopic (exact) mass is 366 g/mol. The first-order chi connectivity index (χ1) is 11.1. The van der Waals surface area contributed by atoms with Gasteiger partial charge in [0.2, 0.25) is 10.0 Å². The summed E-state index contributed by atoms with van der Waals surface area (Å²) in [5.74, 6) is 0. The van der Waals surface area contributed by atoms with Crippen molar-refractivity contribution in [2.24, 2.45) is 0 Å². The Morgan fingerprint density at radius 1 is 1.00 bits per heavy atom. The Bertz CT molecular complexity index is 584. The Balaban J connectivity index is 2.12. The van der Waals surface area contributed by atoms with Crippen LogP contribution in [-0.4, -0.2) is 26.8 Å². The van der Waals surface area contributed by atoms with Crippen LogP contribution >= 0.6 is 0 Å². The molecule has 4 nitrogen and oxygen atoms in total. The molecule has 0 saturated carbocycles. The van der Waals surface area contributed by atoms with E-state index in [-0.39, 0.29) is 0 Å². The number of halogens is 3. The van der Waals surface area contributed by atoms with E-state index in [2.05, 4.69) is 10.0 Å². The molecule has 138 valence electrons. The minimum atomic E-state index is -4.30. The van der Waals surface area contributed by atoms with E-state index in [0.29, 0.717) is 13.1 Å². The molecule has 0 fully saturated rings. The maximum atomic E-state index is 12.4. The van der Waals surface area contributed by atoms with Crippen LogP contribution in [0.15, 0.2) is 24.3 Å². The summed E-state index contributed by atoms with van der Waals surface area (Å²) in [6.45, 7) is 4.94. The molecule has 24 heavy (non-hydrogen) atoms. The van der Waals surface area contributed by atoms with Gasteiger partial charge >= 0.3 is 6.18 Å². The maximum absolute atomic E-state index is 12.4. The quantitative estimate of drug-likeness (QED) is 0.625. The molecular weight excluding hydrogens is 341 g/mol. The van der Waals surface area contributed by atoms with Crippen LogP contribution in [0.2, 0.25) is 0 Å². The summed E-state index contributed by atoms with van der Waals surface area (Å²) in [5, 5.41) is 2.74. The Morgan fingerprint density at radius 3 is 2.12 bits per heavy atom. The van der Waals surface area contributed by atoms with Gasteiger partial charge in [-0.1, -0.05) is 18.6 Å². The number of hydrogen-bond donors (Lipinski definition) is 2. The van der Waals surface area contributed by atoms with Crippen LogP contribution in [0, 0.1) is 0 Å². The highest BCUT2D eigenvalue weighted by atomic mass is 32.2. The first-order valence-electron chi connectivity index (χ1n) is 7.98. The van der Waals surface area contributed by atoms with Gasteiger partial charge in [0.25, 0.3) is 0 Å². The number of rotatable bonds is 10. The maximum Gasteiger partial charge on any atom is 0.416 e. The topological polar surface area (TPSA) is 58.2 Å². The van der Waals surface area contributed by atoms with Crippen molar-refractivity contribution in [3.05, 3.63) is 35.4 Å². The van der Waals surface area contributed by atoms with Crippen molar-refractivity contribution < 1.29 is 21.6 Å². The van der Waals surface area contributed by atoms with Crippen molar-refractivity contribution in [1.82, 2.24) is 10.0 Å². The summed E-state index contributed by atoms with van der Waals surface area (Å²) >= 11 is 0. The van der Waals surface area contributed by atoms with Crippen LogP contribution in [-0.2, 0) is 22.7 Å². The van der Waals surface area contributed by atoms with Crippen molar-refractivity contribution in [2.75, 3.05) is 13.1 Å². The zero-order valence-electron chi connectivity index (χ0n) is 14.0. The second-order valence-electron chi connectivity index (χ2n) is 5.92. The van der Waals surface area contributed by atoms with Gasteiger partial charge in [-0.2, -0.15) is 13.2 Å². The van der Waals surface area contributed by atoms with E-state index < -0.39 is 27.0 Å². The van der Waals surface area contributed by atoms with Crippen LogP contribution in [0.1, 0.15) is 44.2 Å². The average Bonchev–Trinajstić information content (AvgIpc) is 2.49. The lowest BCUT2D eigenvalue weighted by Gasteiger charge is -2.10. The normalized spacial score (nSPS) is 12.8. The average molecular weight is 366 g/mol. The fourth-order valence-electron chi connectivity index (χ4n) is 1.98. The van der Waals surface area contributed by atoms with Gasteiger partial charge in [0.1, 0.15) is 0 Å². The molecule has 1 aromatic carbocycles. The van der Waals surface area contributed by atoms with Gasteiger partial charge in [0.15, 0.2) is 0 Å². The van der Waals surface area contributed by atoms with E-state index in [0.717, 1.165) is 43.5 Å². The Kier molecular flexibility index (Phi) is 8.18. The second kappa shape index (κ2) is 9.39. The fourth-order valence-corrected chi connectivity index (χ4v) is 2.74. The fraction of sp³-hybridized carbons (Fsp3) is 0.625. The molecule has 0 amide bonds. The number of sulfonamides is 1. The van der Waals surface area contributed by atoms with Crippen LogP contribution < -0.4 is 10.0 Å². The first-order valence-corrected chi connectivity index (χ1v) is 9.53. The predicted molar refractivity (Wildman–Crippen MR) is 89.1 cm³/mol. The first kappa shape index (κ1) is 20.9. The molecule has 8 heteroatoms. The number of nitrogens with one attached hydrogen (secondary N) is 2. The van der Waals surface area contributed by atoms with Crippen LogP contribution in [0.25, 0.3) is 0 Å². The van der Waals surface area contributed by atoms with E-state index >= 15 is 0 Å². The molecule has 0 unspecified atom stereocenters. The van der Waals surface area contributed by atoms with E-state index in [1.54, 1.807) is 13.8 Å². The van der Waals surface area contributed by atoms with Crippen LogP contribution in [0.4, 0.5) is 13.2 Å². The standard InChI is InChI=1S/C16H25F3N2O2S/c1-13(2)24(22,23)21-11-5-3-4-10-20-12-14-6-8-15(9-7-14)16(17,18)19/h6-9,13,20-21H,3-5,10-12H2,1-2H3. The van der Waals surface area contributed by atoms with E-state index in [1.165, 1.54) is 12.1 Å². The summed E-state index contributed by atoms with van der Waals surface area (Å²) in [5.41, 5.74) is 0.155. The predicted octanol–water partition coefficient (Wildman–Crippen LogP) is 3.29. The third kappa shape index (κ3) is 7.63. The summed E-state index contributed by atoms with van der Waals surface area (Å²) in [6.07, 6.45) is -1.79. The number of benzene rings is 1. The van der Waals surface area contributed by atoms with Crippen LogP contribution in [0.3, 0.4) is 0 Å². The van der Waals surface area contributed by atoms with Crippen molar-refractivity contribution >= 4 is 10.0 Å². The Hall–Kier alpha value is -1.12. The van der Waals surface area contributed by atoms with Crippen molar-refractivity contribution in [3.8, 4) is 0 Å². The molecule has 2 N–H and O–H groups in total. The summed E-state index contributed by atoms with van der Waals surface area (Å²) in [4.78, 5) is 0. The van der Waals surface area contributed by atoms with Gasteiger partial charge < -0.3 is 5.32 Å². The highest BCUT2D eigenvalue weighted by molar-refractivity contribution is 7.90. The smallest absolute Gasteiger partial charge is 0.313 e. The third-order valence-electron chi connectivity index (χ3n) is 3.56. The summed E-state index contributed by atoms with van der Waals surface area (Å²) in [6, 6.07) is 5.10. The molecule has 1 aromatic rings. The van der Waals surface area contributed by atoms with E-state index in [4.69, 9.17) is 0 Å². The Morgan fingerprint density at radius 2 is 1.58 bits per heavy atom. The second-order valence-corrected chi connectivity index (χ2v) is 8.24. The number of unbranched alkanes of at least 4 members (excludes halogenated alkanes) is 2. The zero-order valence-corrected chi connectivity index (χ0v) is 14.8. The minimum absolute atomic E-state index is 0.428. The highest BCUT2D eigenvalue weighted by Crippen LogP contribution is 2.28. The van der Waals surface area contributed by atoms with Crippen molar-refractivity contribution in [2.45, 2.75) is 51.1 Å². The van der Waals surface area contributed by atoms with Gasteiger partial charge in [-0.25, -0.2) is 13.1 Å². The SMILES string of the molecule is CC(C)S(=O)(=O)NCCCCCNCc1ccc(C(F)(F)F)cc1. The summed E-state index contributed by atoms with van der Waals surface area (Å²) in [7, 11) is -3.19. The lowest BCUT2D eigenvalue weighted by atomic mass is 10.1. The molecule has 0 radical (unpaired) electrons. The van der Waals surface area contributed by atoms with Gasteiger partial charge in [0.05, 0.1) is 10.8 Å². The molecule has 0 aliphatic carbocycles. The molecule has 0 saturated heterocycles. The molecule has 1 rings (SSSR count). The zero-order chi connectivity index (χ0) is 18.2. The van der Waals surface area contributed by atoms with Gasteiger partial charge in [-0.05, 0) is 50.9 Å². The molecule has 0 aromatic heterocycles. The minimum Gasteiger partial charge on any atom is -0.313 e. The lowest BCUT2D eigenvalue weighted by Crippen LogP contribution is -2.31. The molecule has 0 bridgehead atoms. The van der Waals surface area contributed by atoms with Crippen molar-refractivity contribution in [3.63, 3.8) is 0 Å². The van der Waals surface area contributed by atoms with Gasteiger partial charge in [-0.15, -0.1) is 0 Å². The molecule has 0 atom stereocenters. The van der Waals surface area contributed by atoms with E-state index in [1.807, 2.05) is 0 Å². The van der Waals surface area contributed by atoms with E-state index in [9.17, 15) is 21.6 Å². The van der Waals surface area contributed by atoms with Crippen molar-refractivity contribution in [1.29, 1.82) is 0 Å².